The summed E-state index contributed by atoms with van der Waals surface area (Å²) in [7, 11) is 0. The number of rotatable bonds is 6. The molecular formula is C10H18O. The van der Waals surface area contributed by atoms with Crippen molar-refractivity contribution in [2.45, 2.75) is 33.1 Å². The molecule has 0 heterocycles. The Morgan fingerprint density at radius 1 is 1.27 bits per heavy atom. The highest BCUT2D eigenvalue weighted by molar-refractivity contribution is 4.79. The molecule has 0 aliphatic heterocycles. The Kier molecular flexibility index (Phi) is 8.67. The minimum atomic E-state index is 0.694. The lowest BCUT2D eigenvalue weighted by molar-refractivity contribution is 0.288. The first-order valence-corrected chi connectivity index (χ1v) is 4.29. The molecule has 0 N–H and O–H groups in total. The summed E-state index contributed by atoms with van der Waals surface area (Å²) in [6, 6.07) is 0. The van der Waals surface area contributed by atoms with E-state index in [0.29, 0.717) is 6.61 Å². The van der Waals surface area contributed by atoms with Gasteiger partial charge in [-0.2, -0.15) is 0 Å². The number of ether oxygens (including phenoxy) is 1. The maximum absolute atomic E-state index is 5.15. The zero-order valence-electron chi connectivity index (χ0n) is 7.55. The van der Waals surface area contributed by atoms with Crippen LogP contribution in [0.25, 0.3) is 0 Å². The van der Waals surface area contributed by atoms with E-state index in [1.54, 1.807) is 6.26 Å². The van der Waals surface area contributed by atoms with Crippen molar-refractivity contribution < 1.29 is 4.74 Å². The van der Waals surface area contributed by atoms with Gasteiger partial charge in [0.2, 0.25) is 0 Å². The highest BCUT2D eigenvalue weighted by Gasteiger charge is 1.77. The first-order chi connectivity index (χ1) is 5.41. The van der Waals surface area contributed by atoms with E-state index in [4.69, 9.17) is 4.74 Å². The van der Waals surface area contributed by atoms with Crippen LogP contribution in [0.4, 0.5) is 0 Å². The van der Waals surface area contributed by atoms with Crippen molar-refractivity contribution in [3.05, 3.63) is 24.5 Å². The van der Waals surface area contributed by atoms with Crippen molar-refractivity contribution in [2.75, 3.05) is 6.61 Å². The molecule has 0 aromatic carbocycles. The van der Waals surface area contributed by atoms with Gasteiger partial charge in [0.25, 0.3) is 0 Å². The minimum Gasteiger partial charge on any atom is -0.497 e. The van der Waals surface area contributed by atoms with Crippen molar-refractivity contribution >= 4 is 0 Å². The Bertz CT molecular complexity index is 114. The van der Waals surface area contributed by atoms with E-state index in [0.717, 1.165) is 6.42 Å². The third-order valence-electron chi connectivity index (χ3n) is 1.34. The van der Waals surface area contributed by atoms with Crippen LogP contribution in [0.15, 0.2) is 24.5 Å². The molecule has 0 saturated heterocycles. The Hall–Kier alpha value is -0.720. The van der Waals surface area contributed by atoms with Crippen LogP contribution in [0, 0.1) is 0 Å². The van der Waals surface area contributed by atoms with E-state index < -0.39 is 0 Å². The average molecular weight is 154 g/mol. The maximum atomic E-state index is 5.15. The Morgan fingerprint density at radius 3 is 2.73 bits per heavy atom. The van der Waals surface area contributed by atoms with Crippen molar-refractivity contribution in [3.8, 4) is 0 Å². The van der Waals surface area contributed by atoms with E-state index in [-0.39, 0.29) is 0 Å². The fraction of sp³-hybridized carbons (Fsp3) is 0.600. The summed E-state index contributed by atoms with van der Waals surface area (Å²) >= 11 is 0. The molecule has 0 atom stereocenters. The highest BCUT2D eigenvalue weighted by atomic mass is 16.5. The molecule has 0 bridgehead atoms. The smallest absolute Gasteiger partial charge is 0.105 e. The van der Waals surface area contributed by atoms with Crippen LogP contribution in [-0.4, -0.2) is 6.61 Å². The first-order valence-electron chi connectivity index (χ1n) is 4.29. The van der Waals surface area contributed by atoms with Gasteiger partial charge in [-0.15, -0.1) is 0 Å². The minimum absolute atomic E-state index is 0.694. The van der Waals surface area contributed by atoms with Crippen LogP contribution in [0.1, 0.15) is 33.1 Å². The van der Waals surface area contributed by atoms with Crippen molar-refractivity contribution in [3.63, 3.8) is 0 Å². The van der Waals surface area contributed by atoms with Crippen LogP contribution in [0.5, 0.6) is 0 Å². The van der Waals surface area contributed by atoms with Crippen LogP contribution in [-0.2, 0) is 4.74 Å². The summed E-state index contributed by atoms with van der Waals surface area (Å²) in [5, 5.41) is 0. The standard InChI is InChI=1S/C10H18O/c1-3-5-7-8-10-11-9-6-4-2/h4,6,8,10H,3,5,7,9H2,1-2H3. The zero-order chi connectivity index (χ0) is 8.36. The highest BCUT2D eigenvalue weighted by Crippen LogP contribution is 1.94. The van der Waals surface area contributed by atoms with E-state index in [2.05, 4.69) is 13.0 Å². The monoisotopic (exact) mass is 154 g/mol. The van der Waals surface area contributed by atoms with Crippen molar-refractivity contribution in [1.29, 1.82) is 0 Å². The lowest BCUT2D eigenvalue weighted by atomic mass is 10.2. The molecule has 64 valence electrons. The van der Waals surface area contributed by atoms with Crippen LogP contribution >= 0.6 is 0 Å². The second-order valence-corrected chi connectivity index (χ2v) is 2.42. The predicted molar refractivity (Wildman–Crippen MR) is 49.4 cm³/mol. The molecule has 0 unspecified atom stereocenters. The topological polar surface area (TPSA) is 9.23 Å². The lowest BCUT2D eigenvalue weighted by Crippen LogP contribution is -1.79. The number of allylic oxidation sites excluding steroid dienone is 2. The molecule has 0 amide bonds. The van der Waals surface area contributed by atoms with Gasteiger partial charge in [-0.1, -0.05) is 25.5 Å². The Labute approximate surface area is 69.8 Å². The van der Waals surface area contributed by atoms with Crippen LogP contribution < -0.4 is 0 Å². The van der Waals surface area contributed by atoms with Crippen LogP contribution in [0.3, 0.4) is 0 Å². The number of hydrogen-bond acceptors (Lipinski definition) is 1. The summed E-state index contributed by atoms with van der Waals surface area (Å²) in [5.74, 6) is 0. The molecule has 0 fully saturated rings. The number of hydrogen-bond donors (Lipinski definition) is 0. The van der Waals surface area contributed by atoms with Gasteiger partial charge in [-0.05, 0) is 25.8 Å². The Morgan fingerprint density at radius 2 is 2.09 bits per heavy atom. The van der Waals surface area contributed by atoms with Gasteiger partial charge in [0.05, 0.1) is 6.26 Å². The molecule has 0 spiro atoms. The van der Waals surface area contributed by atoms with Gasteiger partial charge < -0.3 is 4.74 Å². The first kappa shape index (κ1) is 10.3. The van der Waals surface area contributed by atoms with E-state index in [9.17, 15) is 0 Å². The van der Waals surface area contributed by atoms with Crippen molar-refractivity contribution in [1.82, 2.24) is 0 Å². The zero-order valence-corrected chi connectivity index (χ0v) is 7.55. The fourth-order valence-electron chi connectivity index (χ4n) is 0.665. The number of unbranched alkanes of at least 4 members (excludes halogenated alkanes) is 2. The van der Waals surface area contributed by atoms with E-state index in [1.807, 2.05) is 19.1 Å². The van der Waals surface area contributed by atoms with Gasteiger partial charge in [0.1, 0.15) is 6.61 Å². The summed E-state index contributed by atoms with van der Waals surface area (Å²) in [6.45, 7) is 4.87. The van der Waals surface area contributed by atoms with Crippen LogP contribution in [0.2, 0.25) is 0 Å². The quantitative estimate of drug-likeness (QED) is 0.324. The molecule has 0 aliphatic rings. The van der Waals surface area contributed by atoms with E-state index >= 15 is 0 Å². The molecule has 0 rings (SSSR count). The summed E-state index contributed by atoms with van der Waals surface area (Å²) < 4.78 is 5.15. The largest absolute Gasteiger partial charge is 0.497 e. The van der Waals surface area contributed by atoms with Gasteiger partial charge in [-0.25, -0.2) is 0 Å². The summed E-state index contributed by atoms with van der Waals surface area (Å²) in [5.41, 5.74) is 0. The SMILES string of the molecule is CC=CCOC=CCCCC. The molecule has 0 aliphatic carbocycles. The Balaban J connectivity index is 3.03. The van der Waals surface area contributed by atoms with Gasteiger partial charge in [-0.3, -0.25) is 0 Å². The lowest BCUT2D eigenvalue weighted by Gasteiger charge is -1.93. The maximum Gasteiger partial charge on any atom is 0.105 e. The van der Waals surface area contributed by atoms with E-state index in [1.165, 1.54) is 12.8 Å². The third kappa shape index (κ3) is 9.28. The summed E-state index contributed by atoms with van der Waals surface area (Å²) in [4.78, 5) is 0. The average Bonchev–Trinajstić information content (AvgIpc) is 2.03. The molecule has 0 radical (unpaired) electrons. The molecule has 1 nitrogen and oxygen atoms in total. The van der Waals surface area contributed by atoms with Crippen molar-refractivity contribution in [2.24, 2.45) is 0 Å². The fourth-order valence-corrected chi connectivity index (χ4v) is 0.665. The van der Waals surface area contributed by atoms with Gasteiger partial charge in [0, 0.05) is 0 Å². The van der Waals surface area contributed by atoms with Gasteiger partial charge in [0.15, 0.2) is 0 Å². The molecule has 0 aromatic heterocycles. The normalized spacial score (nSPS) is 11.5. The molecule has 11 heavy (non-hydrogen) atoms. The third-order valence-corrected chi connectivity index (χ3v) is 1.34. The van der Waals surface area contributed by atoms with Gasteiger partial charge >= 0.3 is 0 Å². The second kappa shape index (κ2) is 9.28. The summed E-state index contributed by atoms with van der Waals surface area (Å²) in [6.07, 6.45) is 11.5. The second-order valence-electron chi connectivity index (χ2n) is 2.42. The molecular weight excluding hydrogens is 136 g/mol. The molecule has 1 heteroatoms. The predicted octanol–water partition coefficient (Wildman–Crippen LogP) is 3.28. The molecule has 0 aromatic rings. The molecule has 0 saturated carbocycles.